The van der Waals surface area contributed by atoms with E-state index in [4.69, 9.17) is 4.74 Å². The Morgan fingerprint density at radius 3 is 2.69 bits per heavy atom. The summed E-state index contributed by atoms with van der Waals surface area (Å²) in [7, 11) is 5.27. The Morgan fingerprint density at radius 1 is 1.19 bits per heavy atom. The number of nitrogens with one attached hydrogen (secondary N) is 2. The largest absolute Gasteiger partial charge is 0.385 e. The van der Waals surface area contributed by atoms with Gasteiger partial charge in [0.25, 0.3) is 5.91 Å². The van der Waals surface area contributed by atoms with Gasteiger partial charge in [0, 0.05) is 53.0 Å². The molecule has 0 saturated carbocycles. The Hall–Kier alpha value is -2.08. The number of methoxy groups -OCH3 is 1. The summed E-state index contributed by atoms with van der Waals surface area (Å²) >= 11 is 0. The van der Waals surface area contributed by atoms with Crippen LogP contribution in [0.25, 0.3) is 0 Å². The SMILES string of the molecule is CCNC(=NCCCCCOC)NCCc1cccc(C(=O)N(C)C)c1. The zero-order valence-electron chi connectivity index (χ0n) is 16.7. The Balaban J connectivity index is 2.44. The number of amides is 1. The Kier molecular flexibility index (Phi) is 11.1. The van der Waals surface area contributed by atoms with Crippen molar-refractivity contribution in [2.75, 3.05) is 47.4 Å². The molecule has 1 aromatic carbocycles. The van der Waals surface area contributed by atoms with Crippen LogP contribution < -0.4 is 10.6 Å². The number of carbonyl (C=O) groups excluding carboxylic acids is 1. The topological polar surface area (TPSA) is 66.0 Å². The molecule has 0 spiro atoms. The first-order valence-corrected chi connectivity index (χ1v) is 9.40. The van der Waals surface area contributed by atoms with Crippen LogP contribution in [-0.2, 0) is 11.2 Å². The summed E-state index contributed by atoms with van der Waals surface area (Å²) < 4.78 is 5.06. The van der Waals surface area contributed by atoms with Gasteiger partial charge in [0.05, 0.1) is 0 Å². The van der Waals surface area contributed by atoms with E-state index in [-0.39, 0.29) is 5.91 Å². The predicted octanol–water partition coefficient (Wildman–Crippen LogP) is 2.30. The zero-order chi connectivity index (χ0) is 19.2. The van der Waals surface area contributed by atoms with Crippen molar-refractivity contribution in [3.63, 3.8) is 0 Å². The standard InChI is InChI=1S/C20H34N4O2/c1-5-21-20(22-13-7-6-8-15-26-4)23-14-12-17-10-9-11-18(16-17)19(25)24(2)3/h9-11,16H,5-8,12-15H2,1-4H3,(H2,21,22,23). The van der Waals surface area contributed by atoms with E-state index >= 15 is 0 Å². The number of ether oxygens (including phenoxy) is 1. The first-order valence-electron chi connectivity index (χ1n) is 9.40. The maximum absolute atomic E-state index is 12.0. The Labute approximate surface area is 158 Å². The zero-order valence-corrected chi connectivity index (χ0v) is 16.7. The van der Waals surface area contributed by atoms with Gasteiger partial charge in [-0.25, -0.2) is 0 Å². The van der Waals surface area contributed by atoms with Crippen LogP contribution in [0.1, 0.15) is 42.1 Å². The van der Waals surface area contributed by atoms with Gasteiger partial charge in [0.1, 0.15) is 0 Å². The van der Waals surface area contributed by atoms with Gasteiger partial charge < -0.3 is 20.3 Å². The lowest BCUT2D eigenvalue weighted by Crippen LogP contribution is -2.38. The van der Waals surface area contributed by atoms with Gasteiger partial charge in [-0.1, -0.05) is 12.1 Å². The fourth-order valence-electron chi connectivity index (χ4n) is 2.51. The molecule has 0 fully saturated rings. The number of aliphatic imine (C=N–C) groups is 1. The number of carbonyl (C=O) groups is 1. The number of guanidine groups is 1. The molecule has 1 aromatic rings. The number of hydrogen-bond donors (Lipinski definition) is 2. The van der Waals surface area contributed by atoms with Crippen molar-refractivity contribution < 1.29 is 9.53 Å². The molecule has 6 nitrogen and oxygen atoms in total. The van der Waals surface area contributed by atoms with Gasteiger partial charge in [-0.2, -0.15) is 0 Å². The number of nitrogens with zero attached hydrogens (tertiary/aromatic N) is 2. The van der Waals surface area contributed by atoms with Crippen molar-refractivity contribution in [1.82, 2.24) is 15.5 Å². The number of rotatable bonds is 11. The molecule has 0 unspecified atom stereocenters. The fourth-order valence-corrected chi connectivity index (χ4v) is 2.51. The van der Waals surface area contributed by atoms with Crippen LogP contribution in [0.15, 0.2) is 29.3 Å². The van der Waals surface area contributed by atoms with Crippen molar-refractivity contribution in [3.05, 3.63) is 35.4 Å². The van der Waals surface area contributed by atoms with E-state index < -0.39 is 0 Å². The predicted molar refractivity (Wildman–Crippen MR) is 108 cm³/mol. The summed E-state index contributed by atoms with van der Waals surface area (Å²) in [6.45, 7) is 5.30. The highest BCUT2D eigenvalue weighted by atomic mass is 16.5. The first-order chi connectivity index (χ1) is 12.6. The number of unbranched alkanes of at least 4 members (excludes halogenated alkanes) is 2. The molecule has 1 amide bonds. The third-order valence-electron chi connectivity index (χ3n) is 3.91. The van der Waals surface area contributed by atoms with Crippen molar-refractivity contribution in [1.29, 1.82) is 0 Å². The average molecular weight is 363 g/mol. The van der Waals surface area contributed by atoms with Gasteiger partial charge >= 0.3 is 0 Å². The van der Waals surface area contributed by atoms with Crippen LogP contribution in [0.2, 0.25) is 0 Å². The van der Waals surface area contributed by atoms with E-state index in [0.29, 0.717) is 0 Å². The summed E-state index contributed by atoms with van der Waals surface area (Å²) in [5.74, 6) is 0.878. The minimum atomic E-state index is 0.0307. The van der Waals surface area contributed by atoms with Crippen LogP contribution in [0.5, 0.6) is 0 Å². The Bertz CT molecular complexity index is 558. The van der Waals surface area contributed by atoms with Crippen LogP contribution in [-0.4, -0.2) is 64.2 Å². The van der Waals surface area contributed by atoms with E-state index in [2.05, 4.69) is 22.5 Å². The second kappa shape index (κ2) is 13.2. The molecule has 26 heavy (non-hydrogen) atoms. The molecule has 0 saturated heterocycles. The van der Waals surface area contributed by atoms with Crippen LogP contribution in [0.4, 0.5) is 0 Å². The van der Waals surface area contributed by atoms with Crippen LogP contribution in [0.3, 0.4) is 0 Å². The lowest BCUT2D eigenvalue weighted by atomic mass is 10.1. The maximum Gasteiger partial charge on any atom is 0.253 e. The summed E-state index contributed by atoms with van der Waals surface area (Å²) in [6.07, 6.45) is 4.11. The normalized spacial score (nSPS) is 11.3. The highest BCUT2D eigenvalue weighted by Crippen LogP contribution is 2.07. The fraction of sp³-hybridized carbons (Fsp3) is 0.600. The van der Waals surface area contributed by atoms with E-state index in [1.165, 1.54) is 0 Å². The van der Waals surface area contributed by atoms with Crippen LogP contribution >= 0.6 is 0 Å². The average Bonchev–Trinajstić information content (AvgIpc) is 2.64. The molecule has 0 bridgehead atoms. The van der Waals surface area contributed by atoms with Gasteiger partial charge in [0.2, 0.25) is 0 Å². The monoisotopic (exact) mass is 362 g/mol. The molecular weight excluding hydrogens is 328 g/mol. The Morgan fingerprint density at radius 2 is 2.00 bits per heavy atom. The van der Waals surface area contributed by atoms with Crippen LogP contribution in [0, 0.1) is 0 Å². The molecule has 0 radical (unpaired) electrons. The van der Waals surface area contributed by atoms with E-state index in [0.717, 1.165) is 69.0 Å². The van der Waals surface area contributed by atoms with E-state index in [1.807, 2.05) is 24.3 Å². The molecule has 1 rings (SSSR count). The summed E-state index contributed by atoms with van der Waals surface area (Å²) in [5.41, 5.74) is 1.87. The van der Waals surface area contributed by atoms with Gasteiger partial charge in [0.15, 0.2) is 5.96 Å². The summed E-state index contributed by atoms with van der Waals surface area (Å²) in [4.78, 5) is 18.3. The summed E-state index contributed by atoms with van der Waals surface area (Å²) in [6, 6.07) is 7.80. The summed E-state index contributed by atoms with van der Waals surface area (Å²) in [5, 5.41) is 6.63. The molecule has 0 aliphatic carbocycles. The quantitative estimate of drug-likeness (QED) is 0.360. The lowest BCUT2D eigenvalue weighted by Gasteiger charge is -2.13. The molecule has 0 atom stereocenters. The highest BCUT2D eigenvalue weighted by molar-refractivity contribution is 5.94. The second-order valence-electron chi connectivity index (χ2n) is 6.39. The minimum Gasteiger partial charge on any atom is -0.385 e. The lowest BCUT2D eigenvalue weighted by molar-refractivity contribution is 0.0827. The number of hydrogen-bond acceptors (Lipinski definition) is 3. The van der Waals surface area contributed by atoms with Crippen molar-refractivity contribution in [3.8, 4) is 0 Å². The number of benzene rings is 1. The van der Waals surface area contributed by atoms with Crippen molar-refractivity contribution in [2.45, 2.75) is 32.6 Å². The third-order valence-corrected chi connectivity index (χ3v) is 3.91. The molecular formula is C20H34N4O2. The smallest absolute Gasteiger partial charge is 0.253 e. The molecule has 2 N–H and O–H groups in total. The van der Waals surface area contributed by atoms with Crippen molar-refractivity contribution >= 4 is 11.9 Å². The van der Waals surface area contributed by atoms with Crippen molar-refractivity contribution in [2.24, 2.45) is 4.99 Å². The first kappa shape index (κ1) is 22.0. The van der Waals surface area contributed by atoms with Gasteiger partial charge in [-0.15, -0.1) is 0 Å². The molecule has 0 aliphatic rings. The highest BCUT2D eigenvalue weighted by Gasteiger charge is 2.08. The maximum atomic E-state index is 12.0. The van der Waals surface area contributed by atoms with E-state index in [9.17, 15) is 4.79 Å². The minimum absolute atomic E-state index is 0.0307. The van der Waals surface area contributed by atoms with Gasteiger partial charge in [-0.3, -0.25) is 9.79 Å². The molecule has 6 heteroatoms. The molecule has 0 aromatic heterocycles. The molecule has 0 heterocycles. The molecule has 146 valence electrons. The third kappa shape index (κ3) is 8.85. The van der Waals surface area contributed by atoms with Gasteiger partial charge in [-0.05, 0) is 50.3 Å². The van der Waals surface area contributed by atoms with E-state index in [1.54, 1.807) is 26.1 Å². The second-order valence-corrected chi connectivity index (χ2v) is 6.39. The molecule has 0 aliphatic heterocycles.